The first-order valence-corrected chi connectivity index (χ1v) is 9.01. The van der Waals surface area contributed by atoms with Crippen LogP contribution in [-0.2, 0) is 16.1 Å². The predicted octanol–water partition coefficient (Wildman–Crippen LogP) is 2.93. The number of fused-ring (bicyclic) bond motifs is 1. The molecule has 1 aliphatic rings. The minimum Gasteiger partial charge on any atom is -0.490 e. The van der Waals surface area contributed by atoms with E-state index in [2.05, 4.69) is 0 Å². The number of benzene rings is 2. The number of carbonyl (C=O) groups excluding carboxylic acids is 1. The summed E-state index contributed by atoms with van der Waals surface area (Å²) < 4.78 is 11.0. The molecule has 0 aliphatic carbocycles. The van der Waals surface area contributed by atoms with Crippen LogP contribution >= 0.6 is 0 Å². The van der Waals surface area contributed by atoms with Crippen molar-refractivity contribution in [1.29, 1.82) is 0 Å². The van der Waals surface area contributed by atoms with E-state index in [1.54, 1.807) is 29.2 Å². The molecule has 6 heteroatoms. The molecule has 0 fully saturated rings. The Bertz CT molecular complexity index is 820. The van der Waals surface area contributed by atoms with E-state index >= 15 is 0 Å². The van der Waals surface area contributed by atoms with Crippen LogP contribution in [0.2, 0.25) is 0 Å². The van der Waals surface area contributed by atoms with Gasteiger partial charge in [0.1, 0.15) is 12.4 Å². The number of amides is 1. The van der Waals surface area contributed by atoms with Crippen LogP contribution in [0.3, 0.4) is 0 Å². The van der Waals surface area contributed by atoms with Crippen molar-refractivity contribution in [3.05, 3.63) is 65.2 Å². The fourth-order valence-electron chi connectivity index (χ4n) is 3.27. The zero-order valence-electron chi connectivity index (χ0n) is 15.3. The first-order valence-electron chi connectivity index (χ1n) is 9.01. The van der Waals surface area contributed by atoms with E-state index in [0.29, 0.717) is 37.7 Å². The maximum atomic E-state index is 13.1. The van der Waals surface area contributed by atoms with E-state index in [1.165, 1.54) is 0 Å². The zero-order chi connectivity index (χ0) is 19.2. The summed E-state index contributed by atoms with van der Waals surface area (Å²) in [7, 11) is 0. The monoisotopic (exact) mass is 369 g/mol. The molecule has 0 saturated heterocycles. The third kappa shape index (κ3) is 4.28. The summed E-state index contributed by atoms with van der Waals surface area (Å²) in [5.74, 6) is -1.41. The number of carbonyl (C=O) groups is 2. The number of hydrogen-bond acceptors (Lipinski definition) is 4. The van der Waals surface area contributed by atoms with E-state index < -0.39 is 11.9 Å². The molecule has 1 aliphatic heterocycles. The van der Waals surface area contributed by atoms with Crippen molar-refractivity contribution >= 4 is 11.9 Å². The highest BCUT2D eigenvalue weighted by Gasteiger charge is 2.33. The van der Waals surface area contributed by atoms with E-state index in [0.717, 1.165) is 11.1 Å². The molecule has 6 nitrogen and oxygen atoms in total. The molecule has 0 saturated carbocycles. The molecule has 142 valence electrons. The summed E-state index contributed by atoms with van der Waals surface area (Å²) in [6, 6.07) is 14.4. The molecule has 0 aromatic heterocycles. The Hall–Kier alpha value is -2.86. The Morgan fingerprint density at radius 2 is 1.85 bits per heavy atom. The Morgan fingerprint density at radius 3 is 2.63 bits per heavy atom. The largest absolute Gasteiger partial charge is 0.490 e. The highest BCUT2D eigenvalue weighted by molar-refractivity contribution is 5.97. The summed E-state index contributed by atoms with van der Waals surface area (Å²) in [4.78, 5) is 26.4. The van der Waals surface area contributed by atoms with Gasteiger partial charge in [0.2, 0.25) is 0 Å². The molecule has 2 aromatic rings. The molecule has 1 amide bonds. The van der Waals surface area contributed by atoms with Gasteiger partial charge in [-0.05, 0) is 30.2 Å². The normalized spacial score (nSPS) is 15.9. The number of carboxylic acids is 1. The third-order valence-corrected chi connectivity index (χ3v) is 4.59. The van der Waals surface area contributed by atoms with Crippen LogP contribution in [-0.4, -0.2) is 48.2 Å². The van der Waals surface area contributed by atoms with Crippen LogP contribution in [0.5, 0.6) is 5.75 Å². The molecule has 2 aromatic carbocycles. The smallest absolute Gasteiger partial charge is 0.312 e. The van der Waals surface area contributed by atoms with Crippen molar-refractivity contribution in [3.63, 3.8) is 0 Å². The lowest BCUT2D eigenvalue weighted by molar-refractivity contribution is -0.139. The number of ether oxygens (including phenoxy) is 2. The van der Waals surface area contributed by atoms with Gasteiger partial charge in [0.05, 0.1) is 18.1 Å². The van der Waals surface area contributed by atoms with Crippen molar-refractivity contribution < 1.29 is 24.2 Å². The van der Waals surface area contributed by atoms with Crippen molar-refractivity contribution in [3.8, 4) is 5.75 Å². The SMILES string of the molecule is CCOCCOc1ccccc1C(=O)N1Cc2ccccc2C(C(=O)O)C1. The molecular formula is C21H23NO5. The standard InChI is InChI=1S/C21H23NO5/c1-2-26-11-12-27-19-10-6-5-9-17(19)20(23)22-13-15-7-3-4-8-16(15)18(14-22)21(24)25/h3-10,18H,2,11-14H2,1H3,(H,24,25). The Kier molecular flexibility index (Phi) is 6.08. The van der Waals surface area contributed by atoms with Gasteiger partial charge in [-0.1, -0.05) is 36.4 Å². The van der Waals surface area contributed by atoms with Crippen molar-refractivity contribution in [2.24, 2.45) is 0 Å². The Labute approximate surface area is 158 Å². The Morgan fingerprint density at radius 1 is 1.11 bits per heavy atom. The highest BCUT2D eigenvalue weighted by Crippen LogP contribution is 2.30. The summed E-state index contributed by atoms with van der Waals surface area (Å²) in [5, 5.41) is 9.60. The van der Waals surface area contributed by atoms with Gasteiger partial charge in [-0.2, -0.15) is 0 Å². The predicted molar refractivity (Wildman–Crippen MR) is 100.0 cm³/mol. The molecule has 1 N–H and O–H groups in total. The molecular weight excluding hydrogens is 346 g/mol. The number of nitrogens with zero attached hydrogens (tertiary/aromatic N) is 1. The third-order valence-electron chi connectivity index (χ3n) is 4.59. The quantitative estimate of drug-likeness (QED) is 0.760. The summed E-state index contributed by atoms with van der Waals surface area (Å²) in [6.07, 6.45) is 0. The lowest BCUT2D eigenvalue weighted by atomic mass is 9.89. The minimum atomic E-state index is -0.929. The lowest BCUT2D eigenvalue weighted by Crippen LogP contribution is -2.40. The van der Waals surface area contributed by atoms with Crippen LogP contribution in [0.15, 0.2) is 48.5 Å². The molecule has 0 bridgehead atoms. The molecule has 1 atom stereocenters. The van der Waals surface area contributed by atoms with E-state index in [-0.39, 0.29) is 12.5 Å². The van der Waals surface area contributed by atoms with Crippen LogP contribution in [0.1, 0.15) is 34.3 Å². The zero-order valence-corrected chi connectivity index (χ0v) is 15.3. The van der Waals surface area contributed by atoms with E-state index in [9.17, 15) is 14.7 Å². The van der Waals surface area contributed by atoms with Crippen molar-refractivity contribution in [2.45, 2.75) is 19.4 Å². The van der Waals surface area contributed by atoms with Gasteiger partial charge in [-0.15, -0.1) is 0 Å². The van der Waals surface area contributed by atoms with Crippen LogP contribution in [0.4, 0.5) is 0 Å². The first-order chi connectivity index (χ1) is 13.1. The van der Waals surface area contributed by atoms with Gasteiger partial charge in [-0.25, -0.2) is 0 Å². The molecule has 3 rings (SSSR count). The van der Waals surface area contributed by atoms with Gasteiger partial charge in [0.15, 0.2) is 0 Å². The van der Waals surface area contributed by atoms with Gasteiger partial charge in [0, 0.05) is 19.7 Å². The molecule has 27 heavy (non-hydrogen) atoms. The topological polar surface area (TPSA) is 76.1 Å². The van der Waals surface area contributed by atoms with Crippen LogP contribution in [0, 0.1) is 0 Å². The maximum absolute atomic E-state index is 13.1. The molecule has 0 spiro atoms. The van der Waals surface area contributed by atoms with Gasteiger partial charge in [-0.3, -0.25) is 9.59 Å². The highest BCUT2D eigenvalue weighted by atomic mass is 16.5. The second-order valence-electron chi connectivity index (χ2n) is 6.32. The number of para-hydroxylation sites is 1. The maximum Gasteiger partial charge on any atom is 0.312 e. The van der Waals surface area contributed by atoms with Crippen LogP contribution in [0.25, 0.3) is 0 Å². The minimum absolute atomic E-state index is 0.137. The summed E-state index contributed by atoms with van der Waals surface area (Å²) in [5.41, 5.74) is 2.06. The summed E-state index contributed by atoms with van der Waals surface area (Å²) in [6.45, 7) is 3.82. The fourth-order valence-corrected chi connectivity index (χ4v) is 3.27. The van der Waals surface area contributed by atoms with Crippen molar-refractivity contribution in [1.82, 2.24) is 4.90 Å². The number of hydrogen-bond donors (Lipinski definition) is 1. The molecule has 0 radical (unpaired) electrons. The van der Waals surface area contributed by atoms with Crippen LogP contribution < -0.4 is 4.74 Å². The molecule has 1 heterocycles. The van der Waals surface area contributed by atoms with Crippen molar-refractivity contribution in [2.75, 3.05) is 26.4 Å². The second kappa shape index (κ2) is 8.68. The summed E-state index contributed by atoms with van der Waals surface area (Å²) >= 11 is 0. The number of carboxylic acid groups (broad SMARTS) is 1. The Balaban J connectivity index is 1.81. The average molecular weight is 369 g/mol. The van der Waals surface area contributed by atoms with Gasteiger partial charge < -0.3 is 19.5 Å². The number of aliphatic carboxylic acids is 1. The first kappa shape index (κ1) is 18.9. The number of rotatable bonds is 7. The van der Waals surface area contributed by atoms with E-state index in [4.69, 9.17) is 9.47 Å². The van der Waals surface area contributed by atoms with Gasteiger partial charge >= 0.3 is 5.97 Å². The second-order valence-corrected chi connectivity index (χ2v) is 6.32. The fraction of sp³-hybridized carbons (Fsp3) is 0.333. The van der Waals surface area contributed by atoms with Gasteiger partial charge in [0.25, 0.3) is 5.91 Å². The lowest BCUT2D eigenvalue weighted by Gasteiger charge is -2.33. The van der Waals surface area contributed by atoms with E-state index in [1.807, 2.05) is 31.2 Å². The average Bonchev–Trinajstić information content (AvgIpc) is 2.70. The molecule has 1 unspecified atom stereocenters.